The number of imidazole rings is 1. The number of carbonyl (C=O) groups is 1. The highest BCUT2D eigenvalue weighted by Gasteiger charge is 2.17. The number of nitrogens with zero attached hydrogens (tertiary/aromatic N) is 3. The zero-order valence-corrected chi connectivity index (χ0v) is 16.3. The van der Waals surface area contributed by atoms with Gasteiger partial charge in [0, 0.05) is 17.3 Å². The van der Waals surface area contributed by atoms with E-state index in [1.54, 1.807) is 53.1 Å². The molecule has 0 spiro atoms. The van der Waals surface area contributed by atoms with Gasteiger partial charge in [-0.15, -0.1) is 0 Å². The van der Waals surface area contributed by atoms with E-state index in [0.29, 0.717) is 22.7 Å². The third-order valence-corrected chi connectivity index (χ3v) is 5.00. The number of hydrogen-bond acceptors (Lipinski definition) is 5. The van der Waals surface area contributed by atoms with Crippen molar-refractivity contribution >= 4 is 17.5 Å². The van der Waals surface area contributed by atoms with Gasteiger partial charge in [-0.1, -0.05) is 42.5 Å². The van der Waals surface area contributed by atoms with Crippen molar-refractivity contribution in [1.82, 2.24) is 14.4 Å². The predicted molar refractivity (Wildman–Crippen MR) is 118 cm³/mol. The summed E-state index contributed by atoms with van der Waals surface area (Å²) in [6, 6.07) is 16.4. The molecule has 31 heavy (non-hydrogen) atoms. The first-order valence-corrected chi connectivity index (χ1v) is 9.67. The highest BCUT2D eigenvalue weighted by atomic mass is 16.3. The zero-order chi connectivity index (χ0) is 21.4. The lowest BCUT2D eigenvalue weighted by Gasteiger charge is -2.08. The summed E-state index contributed by atoms with van der Waals surface area (Å²) in [5.74, 6) is 0.0610. The average molecular weight is 407 g/mol. The van der Waals surface area contributed by atoms with Crippen LogP contribution in [0.3, 0.4) is 0 Å². The van der Waals surface area contributed by atoms with Crippen molar-refractivity contribution in [1.29, 1.82) is 0 Å². The highest BCUT2D eigenvalue weighted by molar-refractivity contribution is 6.01. The topological polar surface area (TPSA) is 87.7 Å². The summed E-state index contributed by atoms with van der Waals surface area (Å²) < 4.78 is 1.60. The summed E-state index contributed by atoms with van der Waals surface area (Å²) in [5.41, 5.74) is 4.55. The van der Waals surface area contributed by atoms with Crippen LogP contribution in [-0.2, 0) is 4.79 Å². The van der Waals surface area contributed by atoms with Crippen molar-refractivity contribution in [2.45, 2.75) is 0 Å². The minimum absolute atomic E-state index is 0.0270. The number of ketones is 1. The number of fused-ring (bicyclic) bond motifs is 1. The predicted octanol–water partition coefficient (Wildman–Crippen LogP) is 4.55. The number of rotatable bonds is 3. The summed E-state index contributed by atoms with van der Waals surface area (Å²) >= 11 is 0. The quantitative estimate of drug-likeness (QED) is 0.520. The minimum atomic E-state index is -0.0783. The Bertz CT molecular complexity index is 1380. The van der Waals surface area contributed by atoms with Crippen LogP contribution in [0, 0.1) is 0 Å². The van der Waals surface area contributed by atoms with Gasteiger partial charge in [0.2, 0.25) is 5.88 Å². The SMILES string of the molecule is O=C1C=CC(=Cc2nc3c(-c4ccccc4)nc(-c4ccc(O)cc4)cn3c2O)C=C1. The van der Waals surface area contributed by atoms with Gasteiger partial charge in [0.05, 0.1) is 5.69 Å². The third-order valence-electron chi connectivity index (χ3n) is 5.00. The molecule has 6 nitrogen and oxygen atoms in total. The zero-order valence-electron chi connectivity index (χ0n) is 16.3. The number of aromatic hydroxyl groups is 2. The molecule has 1 aliphatic rings. The van der Waals surface area contributed by atoms with Gasteiger partial charge in [-0.25, -0.2) is 9.97 Å². The van der Waals surface area contributed by atoms with E-state index in [9.17, 15) is 15.0 Å². The molecule has 1 aliphatic carbocycles. The molecule has 0 unspecified atom stereocenters. The van der Waals surface area contributed by atoms with Gasteiger partial charge in [0.25, 0.3) is 0 Å². The largest absolute Gasteiger partial charge is 0.508 e. The number of phenolic OH excluding ortho intramolecular Hbond substituents is 1. The maximum Gasteiger partial charge on any atom is 0.223 e. The molecule has 0 aliphatic heterocycles. The third kappa shape index (κ3) is 3.51. The molecule has 4 aromatic rings. The van der Waals surface area contributed by atoms with Crippen LogP contribution in [0.15, 0.2) is 90.7 Å². The smallest absolute Gasteiger partial charge is 0.223 e. The molecule has 6 heteroatoms. The van der Waals surface area contributed by atoms with Crippen molar-refractivity contribution in [3.63, 3.8) is 0 Å². The molecule has 5 rings (SSSR count). The summed E-state index contributed by atoms with van der Waals surface area (Å²) in [6.45, 7) is 0. The Morgan fingerprint density at radius 1 is 0.806 bits per heavy atom. The molecule has 2 aromatic heterocycles. The Balaban J connectivity index is 1.73. The second-order valence-corrected chi connectivity index (χ2v) is 7.12. The van der Waals surface area contributed by atoms with Crippen LogP contribution in [0.5, 0.6) is 11.6 Å². The molecule has 2 heterocycles. The Labute approximate surface area is 177 Å². The van der Waals surface area contributed by atoms with E-state index >= 15 is 0 Å². The molecular formula is C25H17N3O3. The van der Waals surface area contributed by atoms with Crippen molar-refractivity contribution in [2.75, 3.05) is 0 Å². The molecule has 0 radical (unpaired) electrons. The van der Waals surface area contributed by atoms with E-state index in [2.05, 4.69) is 4.98 Å². The number of phenols is 1. The van der Waals surface area contributed by atoms with Crippen LogP contribution in [0.25, 0.3) is 34.2 Å². The lowest BCUT2D eigenvalue weighted by atomic mass is 10.1. The van der Waals surface area contributed by atoms with Crippen molar-refractivity contribution in [3.05, 3.63) is 96.4 Å². The first-order chi connectivity index (χ1) is 15.1. The monoisotopic (exact) mass is 407 g/mol. The fourth-order valence-corrected chi connectivity index (χ4v) is 3.43. The van der Waals surface area contributed by atoms with Crippen molar-refractivity contribution in [2.24, 2.45) is 0 Å². The number of carbonyl (C=O) groups excluding carboxylic acids is 1. The van der Waals surface area contributed by atoms with Gasteiger partial charge >= 0.3 is 0 Å². The standard InChI is InChI=1S/C25H17N3O3/c29-19-10-6-16(7-11-19)14-21-25(31)28-15-22(17-8-12-20(30)13-9-17)26-23(24(28)27-21)18-4-2-1-3-5-18/h1-15,30-31H. The van der Waals surface area contributed by atoms with Crippen molar-refractivity contribution in [3.8, 4) is 34.1 Å². The van der Waals surface area contributed by atoms with E-state index in [4.69, 9.17) is 4.98 Å². The Morgan fingerprint density at radius 2 is 1.52 bits per heavy atom. The minimum Gasteiger partial charge on any atom is -0.508 e. The van der Waals surface area contributed by atoms with Crippen LogP contribution in [0.1, 0.15) is 5.69 Å². The molecule has 0 saturated heterocycles. The Hall–Kier alpha value is -4.45. The Morgan fingerprint density at radius 3 is 2.23 bits per heavy atom. The molecule has 0 saturated carbocycles. The van der Waals surface area contributed by atoms with Crippen LogP contribution in [-0.4, -0.2) is 30.4 Å². The van der Waals surface area contributed by atoms with Crippen LogP contribution < -0.4 is 0 Å². The molecule has 0 atom stereocenters. The second kappa shape index (κ2) is 7.42. The average Bonchev–Trinajstić information content (AvgIpc) is 3.11. The first kappa shape index (κ1) is 18.6. The van der Waals surface area contributed by atoms with E-state index in [1.807, 2.05) is 30.3 Å². The number of benzene rings is 2. The van der Waals surface area contributed by atoms with Crippen molar-refractivity contribution < 1.29 is 15.0 Å². The van der Waals surface area contributed by atoms with Gasteiger partial charge in [0.1, 0.15) is 17.1 Å². The lowest BCUT2D eigenvalue weighted by Crippen LogP contribution is -1.96. The summed E-state index contributed by atoms with van der Waals surface area (Å²) in [5, 5.41) is 20.5. The molecule has 2 N–H and O–H groups in total. The maximum atomic E-state index is 11.4. The fourth-order valence-electron chi connectivity index (χ4n) is 3.43. The normalized spacial score (nSPS) is 13.2. The molecule has 0 fully saturated rings. The summed E-state index contributed by atoms with van der Waals surface area (Å²) in [7, 11) is 0. The maximum absolute atomic E-state index is 11.4. The van der Waals surface area contributed by atoms with E-state index in [1.165, 1.54) is 12.2 Å². The molecule has 0 bridgehead atoms. The fraction of sp³-hybridized carbons (Fsp3) is 0. The first-order valence-electron chi connectivity index (χ1n) is 9.67. The summed E-state index contributed by atoms with van der Waals surface area (Å²) in [6.07, 6.45) is 9.75. The molecular weight excluding hydrogens is 390 g/mol. The van der Waals surface area contributed by atoms with Crippen LogP contribution >= 0.6 is 0 Å². The van der Waals surface area contributed by atoms with Gasteiger partial charge in [-0.3, -0.25) is 9.20 Å². The van der Waals surface area contributed by atoms with Gasteiger partial charge in [-0.2, -0.15) is 0 Å². The lowest BCUT2D eigenvalue weighted by molar-refractivity contribution is -0.110. The van der Waals surface area contributed by atoms with E-state index < -0.39 is 0 Å². The van der Waals surface area contributed by atoms with E-state index in [0.717, 1.165) is 16.7 Å². The van der Waals surface area contributed by atoms with Gasteiger partial charge in [-0.05, 0) is 48.1 Å². The molecule has 150 valence electrons. The number of aromatic nitrogens is 3. The van der Waals surface area contributed by atoms with Crippen LogP contribution in [0.4, 0.5) is 0 Å². The Kier molecular flexibility index (Phi) is 4.45. The van der Waals surface area contributed by atoms with Gasteiger partial charge < -0.3 is 10.2 Å². The van der Waals surface area contributed by atoms with Gasteiger partial charge in [0.15, 0.2) is 11.4 Å². The highest BCUT2D eigenvalue weighted by Crippen LogP contribution is 2.32. The molecule has 2 aromatic carbocycles. The summed E-state index contributed by atoms with van der Waals surface area (Å²) in [4.78, 5) is 20.8. The van der Waals surface area contributed by atoms with E-state index in [-0.39, 0.29) is 17.4 Å². The molecule has 0 amide bonds. The van der Waals surface area contributed by atoms with Crippen LogP contribution in [0.2, 0.25) is 0 Å². The number of allylic oxidation sites excluding steroid dienone is 5. The second-order valence-electron chi connectivity index (χ2n) is 7.12. The number of hydrogen-bond donors (Lipinski definition) is 2.